The number of nitrogens with zero attached hydrogens (tertiary/aromatic N) is 2. The van der Waals surface area contributed by atoms with Crippen LogP contribution >= 0.6 is 0 Å². The van der Waals surface area contributed by atoms with Crippen LogP contribution in [0.3, 0.4) is 0 Å². The van der Waals surface area contributed by atoms with Gasteiger partial charge in [-0.25, -0.2) is 0 Å². The summed E-state index contributed by atoms with van der Waals surface area (Å²) < 4.78 is 5.04. The molecule has 2 N–H and O–H groups in total. The fourth-order valence-electron chi connectivity index (χ4n) is 1.64. The van der Waals surface area contributed by atoms with Crippen molar-refractivity contribution in [1.29, 1.82) is 0 Å². The predicted octanol–water partition coefficient (Wildman–Crippen LogP) is 1.29. The number of hydrogen-bond donors (Lipinski definition) is 2. The average Bonchev–Trinajstić information content (AvgIpc) is 2.44. The highest BCUT2D eigenvalue weighted by molar-refractivity contribution is 5.79. The number of nitro groups is 1. The lowest BCUT2D eigenvalue weighted by atomic mass is 10.2. The molecule has 0 saturated carbocycles. The Balaban J connectivity index is 2.50. The smallest absolute Gasteiger partial charge is 0.269 e. The molecule has 0 aromatic heterocycles. The van der Waals surface area contributed by atoms with E-state index >= 15 is 0 Å². The Bertz CT molecular complexity index is 459. The Labute approximate surface area is 118 Å². The monoisotopic (exact) mass is 280 g/mol. The summed E-state index contributed by atoms with van der Waals surface area (Å²) in [4.78, 5) is 14.2. The van der Waals surface area contributed by atoms with Gasteiger partial charge in [-0.2, -0.15) is 0 Å². The second kappa shape index (κ2) is 8.11. The van der Waals surface area contributed by atoms with Gasteiger partial charge in [-0.1, -0.05) is 12.1 Å². The molecule has 0 aliphatic rings. The zero-order chi connectivity index (χ0) is 15.0. The van der Waals surface area contributed by atoms with Crippen molar-refractivity contribution >= 4 is 11.6 Å². The van der Waals surface area contributed by atoms with Crippen LogP contribution in [-0.2, 0) is 11.3 Å². The minimum atomic E-state index is -0.413. The average molecular weight is 280 g/mol. The van der Waals surface area contributed by atoms with E-state index < -0.39 is 4.92 Å². The Morgan fingerprint density at radius 3 is 2.60 bits per heavy atom. The van der Waals surface area contributed by atoms with Gasteiger partial charge in [0.1, 0.15) is 0 Å². The van der Waals surface area contributed by atoms with Crippen molar-refractivity contribution in [3.8, 4) is 0 Å². The number of methoxy groups -OCH3 is 1. The zero-order valence-corrected chi connectivity index (χ0v) is 11.9. The fourth-order valence-corrected chi connectivity index (χ4v) is 1.64. The molecule has 0 fully saturated rings. The van der Waals surface area contributed by atoms with E-state index in [1.807, 2.05) is 6.92 Å². The van der Waals surface area contributed by atoms with Crippen LogP contribution in [0.1, 0.15) is 12.5 Å². The Morgan fingerprint density at radius 1 is 1.45 bits per heavy atom. The largest absolute Gasteiger partial charge is 0.383 e. The molecule has 7 nitrogen and oxygen atoms in total. The van der Waals surface area contributed by atoms with Crippen LogP contribution in [0, 0.1) is 10.1 Å². The number of non-ortho nitro benzene ring substituents is 1. The third kappa shape index (κ3) is 5.23. The second-order valence-electron chi connectivity index (χ2n) is 4.35. The van der Waals surface area contributed by atoms with Gasteiger partial charge >= 0.3 is 0 Å². The number of hydrogen-bond acceptors (Lipinski definition) is 4. The van der Waals surface area contributed by atoms with Crippen LogP contribution in [0.5, 0.6) is 0 Å². The first-order valence-electron chi connectivity index (χ1n) is 6.26. The summed E-state index contributed by atoms with van der Waals surface area (Å²) in [7, 11) is 3.33. The number of nitro benzene ring substituents is 1. The predicted molar refractivity (Wildman–Crippen MR) is 77.8 cm³/mol. The molecule has 0 heterocycles. The van der Waals surface area contributed by atoms with Crippen molar-refractivity contribution in [3.63, 3.8) is 0 Å². The van der Waals surface area contributed by atoms with E-state index in [4.69, 9.17) is 4.74 Å². The van der Waals surface area contributed by atoms with Gasteiger partial charge in [0.15, 0.2) is 5.96 Å². The molecule has 0 aliphatic carbocycles. The minimum absolute atomic E-state index is 0.0879. The van der Waals surface area contributed by atoms with Gasteiger partial charge in [0, 0.05) is 38.9 Å². The van der Waals surface area contributed by atoms with Crippen molar-refractivity contribution in [2.75, 3.05) is 20.8 Å². The standard InChI is InChI=1S/C13H20N4O3/c1-10(9-20-3)16-13(14-2)15-8-11-4-6-12(7-5-11)17(18)19/h4-7,10H,8-9H2,1-3H3,(H2,14,15,16). The summed E-state index contributed by atoms with van der Waals surface area (Å²) in [5.41, 5.74) is 1.03. The van der Waals surface area contributed by atoms with Crippen LogP contribution in [0.25, 0.3) is 0 Å². The van der Waals surface area contributed by atoms with E-state index in [9.17, 15) is 10.1 Å². The quantitative estimate of drug-likeness (QED) is 0.355. The molecule has 1 aromatic carbocycles. The Morgan fingerprint density at radius 2 is 2.10 bits per heavy atom. The van der Waals surface area contributed by atoms with Crippen LogP contribution < -0.4 is 10.6 Å². The molecular weight excluding hydrogens is 260 g/mol. The van der Waals surface area contributed by atoms with Crippen LogP contribution in [0.4, 0.5) is 5.69 Å². The highest BCUT2D eigenvalue weighted by Crippen LogP contribution is 2.11. The fraction of sp³-hybridized carbons (Fsp3) is 0.462. The first kappa shape index (κ1) is 15.9. The first-order chi connectivity index (χ1) is 9.56. The van der Waals surface area contributed by atoms with Crippen LogP contribution in [0.15, 0.2) is 29.3 Å². The van der Waals surface area contributed by atoms with Crippen LogP contribution in [0.2, 0.25) is 0 Å². The Kier molecular flexibility index (Phi) is 6.45. The summed E-state index contributed by atoms with van der Waals surface area (Å²) in [5, 5.41) is 16.9. The SMILES string of the molecule is CN=C(NCc1ccc([N+](=O)[O-])cc1)NC(C)COC. The molecule has 0 bridgehead atoms. The molecule has 1 atom stereocenters. The lowest BCUT2D eigenvalue weighted by Gasteiger charge is -2.17. The van der Waals surface area contributed by atoms with E-state index in [-0.39, 0.29) is 11.7 Å². The highest BCUT2D eigenvalue weighted by atomic mass is 16.6. The highest BCUT2D eigenvalue weighted by Gasteiger charge is 2.06. The van der Waals surface area contributed by atoms with Gasteiger partial charge in [-0.05, 0) is 12.5 Å². The van der Waals surface area contributed by atoms with Gasteiger partial charge in [0.2, 0.25) is 0 Å². The number of aliphatic imine (C=N–C) groups is 1. The molecule has 7 heteroatoms. The van der Waals surface area contributed by atoms with E-state index in [0.29, 0.717) is 19.1 Å². The maximum atomic E-state index is 10.6. The maximum Gasteiger partial charge on any atom is 0.269 e. The van der Waals surface area contributed by atoms with E-state index in [1.54, 1.807) is 26.3 Å². The van der Waals surface area contributed by atoms with E-state index in [1.165, 1.54) is 12.1 Å². The van der Waals surface area contributed by atoms with Crippen molar-refractivity contribution < 1.29 is 9.66 Å². The summed E-state index contributed by atoms with van der Waals surface area (Å²) in [5.74, 6) is 0.660. The molecule has 0 radical (unpaired) electrons. The molecule has 0 amide bonds. The maximum absolute atomic E-state index is 10.6. The van der Waals surface area contributed by atoms with Crippen molar-refractivity contribution in [2.24, 2.45) is 4.99 Å². The van der Waals surface area contributed by atoms with Gasteiger partial charge in [0.25, 0.3) is 5.69 Å². The van der Waals surface area contributed by atoms with E-state index in [0.717, 1.165) is 5.56 Å². The number of guanidine groups is 1. The molecule has 1 unspecified atom stereocenters. The summed E-state index contributed by atoms with van der Waals surface area (Å²) in [6.45, 7) is 3.11. The number of nitrogens with one attached hydrogen (secondary N) is 2. The van der Waals surface area contributed by atoms with Gasteiger partial charge < -0.3 is 15.4 Å². The summed E-state index contributed by atoms with van der Waals surface area (Å²) >= 11 is 0. The van der Waals surface area contributed by atoms with Gasteiger partial charge in [0.05, 0.1) is 11.5 Å². The molecular formula is C13H20N4O3. The lowest BCUT2D eigenvalue weighted by Crippen LogP contribution is -2.43. The van der Waals surface area contributed by atoms with E-state index in [2.05, 4.69) is 15.6 Å². The Hall–Kier alpha value is -2.15. The molecule has 1 aromatic rings. The minimum Gasteiger partial charge on any atom is -0.383 e. The third-order valence-corrected chi connectivity index (χ3v) is 2.63. The van der Waals surface area contributed by atoms with Gasteiger partial charge in [-0.3, -0.25) is 15.1 Å². The molecule has 110 valence electrons. The normalized spacial score (nSPS) is 12.8. The molecule has 0 aliphatic heterocycles. The lowest BCUT2D eigenvalue weighted by molar-refractivity contribution is -0.384. The summed E-state index contributed by atoms with van der Waals surface area (Å²) in [6.07, 6.45) is 0. The molecule has 0 spiro atoms. The molecule has 20 heavy (non-hydrogen) atoms. The molecule has 1 rings (SSSR count). The number of benzene rings is 1. The van der Waals surface area contributed by atoms with Crippen molar-refractivity contribution in [1.82, 2.24) is 10.6 Å². The summed E-state index contributed by atoms with van der Waals surface area (Å²) in [6, 6.07) is 6.55. The van der Waals surface area contributed by atoms with Gasteiger partial charge in [-0.15, -0.1) is 0 Å². The second-order valence-corrected chi connectivity index (χ2v) is 4.35. The first-order valence-corrected chi connectivity index (χ1v) is 6.26. The topological polar surface area (TPSA) is 88.8 Å². The van der Waals surface area contributed by atoms with Crippen molar-refractivity contribution in [3.05, 3.63) is 39.9 Å². The molecule has 0 saturated heterocycles. The zero-order valence-electron chi connectivity index (χ0n) is 11.9. The number of rotatable bonds is 6. The van der Waals surface area contributed by atoms with Crippen molar-refractivity contribution in [2.45, 2.75) is 19.5 Å². The number of ether oxygens (including phenoxy) is 1. The van der Waals surface area contributed by atoms with Crippen LogP contribution in [-0.4, -0.2) is 37.7 Å². The third-order valence-electron chi connectivity index (χ3n) is 2.63.